The molecule has 0 saturated carbocycles. The fourth-order valence-corrected chi connectivity index (χ4v) is 2.74. The lowest BCUT2D eigenvalue weighted by molar-refractivity contribution is 0.0955. The number of carbonyl (C=O) groups is 1. The Bertz CT molecular complexity index is 963. The van der Waals surface area contributed by atoms with E-state index in [1.807, 2.05) is 59.4 Å². The molecule has 3 aromatic rings. The van der Waals surface area contributed by atoms with E-state index in [1.165, 1.54) is 0 Å². The van der Waals surface area contributed by atoms with E-state index in [-0.39, 0.29) is 5.91 Å². The number of hydrogen-bond donors (Lipinski definition) is 1. The number of methoxy groups -OCH3 is 2. The summed E-state index contributed by atoms with van der Waals surface area (Å²) in [6, 6.07) is 16.6. The van der Waals surface area contributed by atoms with Crippen molar-refractivity contribution in [3.05, 3.63) is 78.1 Å². The van der Waals surface area contributed by atoms with Gasteiger partial charge >= 0.3 is 0 Å². The summed E-state index contributed by atoms with van der Waals surface area (Å²) in [5.41, 5.74) is 5.30. The lowest BCUT2D eigenvalue weighted by Gasteiger charge is -2.11. The molecular weight excluding hydrogens is 342 g/mol. The number of para-hydroxylation sites is 1. The Hall–Kier alpha value is -3.54. The first-order valence-corrected chi connectivity index (χ1v) is 8.43. The molecule has 0 radical (unpaired) electrons. The van der Waals surface area contributed by atoms with Gasteiger partial charge in [0, 0.05) is 18.0 Å². The fourth-order valence-electron chi connectivity index (χ4n) is 2.74. The van der Waals surface area contributed by atoms with E-state index in [2.05, 4.69) is 10.5 Å². The predicted molar refractivity (Wildman–Crippen MR) is 105 cm³/mol. The lowest BCUT2D eigenvalue weighted by atomic mass is 10.1. The molecule has 27 heavy (non-hydrogen) atoms. The molecule has 0 aliphatic rings. The van der Waals surface area contributed by atoms with Crippen LogP contribution in [-0.2, 0) is 0 Å². The van der Waals surface area contributed by atoms with E-state index in [4.69, 9.17) is 9.47 Å². The first-order valence-electron chi connectivity index (χ1n) is 8.43. The first-order chi connectivity index (χ1) is 13.1. The molecule has 3 rings (SSSR count). The van der Waals surface area contributed by atoms with Gasteiger partial charge in [0.05, 0.1) is 31.2 Å². The highest BCUT2D eigenvalue weighted by atomic mass is 16.5. The van der Waals surface area contributed by atoms with Gasteiger partial charge in [0.15, 0.2) is 0 Å². The van der Waals surface area contributed by atoms with Crippen molar-refractivity contribution in [1.82, 2.24) is 9.99 Å². The van der Waals surface area contributed by atoms with Crippen LogP contribution in [0.2, 0.25) is 0 Å². The second kappa shape index (κ2) is 8.23. The van der Waals surface area contributed by atoms with Gasteiger partial charge in [-0.2, -0.15) is 5.10 Å². The van der Waals surface area contributed by atoms with Gasteiger partial charge in [0.2, 0.25) is 0 Å². The first kappa shape index (κ1) is 18.3. The molecule has 0 unspecified atom stereocenters. The van der Waals surface area contributed by atoms with E-state index < -0.39 is 0 Å². The summed E-state index contributed by atoms with van der Waals surface area (Å²) in [4.78, 5) is 12.7. The summed E-state index contributed by atoms with van der Waals surface area (Å²) in [7, 11) is 3.18. The highest BCUT2D eigenvalue weighted by Crippen LogP contribution is 2.24. The van der Waals surface area contributed by atoms with Crippen molar-refractivity contribution in [2.45, 2.75) is 6.92 Å². The molecule has 0 fully saturated rings. The van der Waals surface area contributed by atoms with Crippen molar-refractivity contribution in [3.8, 4) is 17.2 Å². The normalized spacial score (nSPS) is 11.1. The third-order valence-electron chi connectivity index (χ3n) is 4.15. The molecule has 6 nitrogen and oxygen atoms in total. The van der Waals surface area contributed by atoms with Gasteiger partial charge in [-0.15, -0.1) is 0 Å². The zero-order valence-electron chi connectivity index (χ0n) is 15.5. The molecule has 0 spiro atoms. The van der Waals surface area contributed by atoms with Crippen LogP contribution in [0.3, 0.4) is 0 Å². The molecule has 0 saturated heterocycles. The maximum atomic E-state index is 12.7. The fraction of sp³-hybridized carbons (Fsp3) is 0.143. The highest BCUT2D eigenvalue weighted by Gasteiger charge is 2.13. The monoisotopic (exact) mass is 363 g/mol. The minimum absolute atomic E-state index is 0.291. The average Bonchev–Trinajstić information content (AvgIpc) is 3.26. The summed E-state index contributed by atoms with van der Waals surface area (Å²) >= 11 is 0. The van der Waals surface area contributed by atoms with Crippen LogP contribution in [0.25, 0.3) is 5.69 Å². The van der Waals surface area contributed by atoms with E-state index in [0.717, 1.165) is 11.3 Å². The molecule has 1 amide bonds. The Morgan fingerprint density at radius 3 is 2.41 bits per heavy atom. The Kier molecular flexibility index (Phi) is 5.56. The number of carbonyl (C=O) groups excluding carboxylic acids is 1. The van der Waals surface area contributed by atoms with Crippen LogP contribution in [0.15, 0.2) is 72.1 Å². The molecule has 0 aliphatic carbocycles. The van der Waals surface area contributed by atoms with Gasteiger partial charge in [-0.05, 0) is 49.4 Å². The SMILES string of the molecule is COc1ccc(OC)c(/C(C)=N\NC(=O)c2ccccc2-n2cccc2)c1. The van der Waals surface area contributed by atoms with Crippen molar-refractivity contribution < 1.29 is 14.3 Å². The molecule has 0 aliphatic heterocycles. The number of rotatable bonds is 6. The summed E-state index contributed by atoms with van der Waals surface area (Å²) < 4.78 is 12.5. The quantitative estimate of drug-likeness (QED) is 0.537. The summed E-state index contributed by atoms with van der Waals surface area (Å²) in [6.45, 7) is 1.80. The Morgan fingerprint density at radius 1 is 0.963 bits per heavy atom. The average molecular weight is 363 g/mol. The summed E-state index contributed by atoms with van der Waals surface area (Å²) in [5.74, 6) is 1.05. The minimum atomic E-state index is -0.291. The molecular formula is C21H21N3O3. The standard InChI is InChI=1S/C21H21N3O3/c1-15(18-14-16(26-2)10-11-20(18)27-3)22-23-21(25)17-8-4-5-9-19(17)24-12-6-7-13-24/h4-14H,1-3H3,(H,23,25)/b22-15-. The number of hydrogen-bond acceptors (Lipinski definition) is 4. The van der Waals surface area contributed by atoms with Crippen LogP contribution in [0.4, 0.5) is 0 Å². The van der Waals surface area contributed by atoms with Gasteiger partial charge in [0.1, 0.15) is 11.5 Å². The van der Waals surface area contributed by atoms with Gasteiger partial charge in [0.25, 0.3) is 5.91 Å². The van der Waals surface area contributed by atoms with E-state index >= 15 is 0 Å². The van der Waals surface area contributed by atoms with Crippen molar-refractivity contribution in [2.24, 2.45) is 5.10 Å². The molecule has 0 bridgehead atoms. The van der Waals surface area contributed by atoms with Gasteiger partial charge in [-0.25, -0.2) is 5.43 Å². The summed E-state index contributed by atoms with van der Waals surface area (Å²) in [6.07, 6.45) is 3.78. The van der Waals surface area contributed by atoms with Crippen LogP contribution in [-0.4, -0.2) is 30.4 Å². The second-order valence-electron chi connectivity index (χ2n) is 5.81. The van der Waals surface area contributed by atoms with E-state index in [9.17, 15) is 4.79 Å². The third kappa shape index (κ3) is 4.00. The molecule has 0 atom stereocenters. The number of aromatic nitrogens is 1. The smallest absolute Gasteiger partial charge is 0.273 e. The topological polar surface area (TPSA) is 64.8 Å². The van der Waals surface area contributed by atoms with Crippen molar-refractivity contribution in [2.75, 3.05) is 14.2 Å². The molecule has 1 heterocycles. The zero-order valence-corrected chi connectivity index (χ0v) is 15.5. The number of nitrogens with zero attached hydrogens (tertiary/aromatic N) is 2. The van der Waals surface area contributed by atoms with Crippen LogP contribution in [0.5, 0.6) is 11.5 Å². The zero-order chi connectivity index (χ0) is 19.2. The van der Waals surface area contributed by atoms with E-state index in [0.29, 0.717) is 22.8 Å². The number of amides is 1. The minimum Gasteiger partial charge on any atom is -0.497 e. The van der Waals surface area contributed by atoms with Crippen LogP contribution < -0.4 is 14.9 Å². The second-order valence-corrected chi connectivity index (χ2v) is 5.81. The number of benzene rings is 2. The highest BCUT2D eigenvalue weighted by molar-refractivity contribution is 6.03. The summed E-state index contributed by atoms with van der Waals surface area (Å²) in [5, 5.41) is 4.25. The van der Waals surface area contributed by atoms with Crippen molar-refractivity contribution >= 4 is 11.6 Å². The Labute approximate surface area is 158 Å². The van der Waals surface area contributed by atoms with Gasteiger partial charge < -0.3 is 14.0 Å². The largest absolute Gasteiger partial charge is 0.497 e. The lowest BCUT2D eigenvalue weighted by Crippen LogP contribution is -2.21. The van der Waals surface area contributed by atoms with Gasteiger partial charge in [-0.1, -0.05) is 12.1 Å². The van der Waals surface area contributed by atoms with Crippen molar-refractivity contribution in [3.63, 3.8) is 0 Å². The molecule has 1 aromatic heterocycles. The Morgan fingerprint density at radius 2 is 1.70 bits per heavy atom. The van der Waals surface area contributed by atoms with E-state index in [1.54, 1.807) is 33.3 Å². The third-order valence-corrected chi connectivity index (χ3v) is 4.15. The van der Waals surface area contributed by atoms with Crippen LogP contribution in [0.1, 0.15) is 22.8 Å². The number of nitrogens with one attached hydrogen (secondary N) is 1. The van der Waals surface area contributed by atoms with Crippen molar-refractivity contribution in [1.29, 1.82) is 0 Å². The number of ether oxygens (including phenoxy) is 2. The van der Waals surface area contributed by atoms with Gasteiger partial charge in [-0.3, -0.25) is 4.79 Å². The number of hydrazone groups is 1. The molecule has 2 aromatic carbocycles. The molecule has 138 valence electrons. The van der Waals surface area contributed by atoms with Crippen LogP contribution in [0, 0.1) is 0 Å². The Balaban J connectivity index is 1.86. The molecule has 1 N–H and O–H groups in total. The molecule has 6 heteroatoms. The maximum absolute atomic E-state index is 12.7. The predicted octanol–water partition coefficient (Wildman–Crippen LogP) is 3.65. The maximum Gasteiger partial charge on any atom is 0.273 e. The van der Waals surface area contributed by atoms with Crippen LogP contribution >= 0.6 is 0 Å².